The molecular formula is C16H21B3N6O2. The maximum atomic E-state index is 12.0. The third-order valence-electron chi connectivity index (χ3n) is 3.66. The Morgan fingerprint density at radius 2 is 1.85 bits per heavy atom. The van der Waals surface area contributed by atoms with Crippen molar-refractivity contribution in [3.63, 3.8) is 0 Å². The van der Waals surface area contributed by atoms with Crippen molar-refractivity contribution in [2.75, 3.05) is 11.1 Å². The lowest BCUT2D eigenvalue weighted by molar-refractivity contribution is -0.119. The van der Waals surface area contributed by atoms with Gasteiger partial charge in [-0.05, 0) is 10.7 Å². The molecule has 0 aliphatic heterocycles. The number of nitrogens with one attached hydrogen (secondary N) is 4. The molecule has 1 aromatic heterocycles. The number of hydrogen-bond donors (Lipinski definition) is 5. The molecule has 0 atom stereocenters. The quantitative estimate of drug-likeness (QED) is 0.249. The van der Waals surface area contributed by atoms with Crippen LogP contribution in [-0.4, -0.2) is 46.3 Å². The third-order valence-corrected chi connectivity index (χ3v) is 3.66. The number of nitrogens with two attached hydrogens (primary N) is 1. The van der Waals surface area contributed by atoms with Gasteiger partial charge < -0.3 is 16.4 Å². The van der Waals surface area contributed by atoms with Crippen LogP contribution >= 0.6 is 0 Å². The minimum absolute atomic E-state index is 0.139. The summed E-state index contributed by atoms with van der Waals surface area (Å²) in [5.74, 6) is -0.189. The molecule has 0 saturated carbocycles. The molecule has 2 rings (SSSR count). The van der Waals surface area contributed by atoms with Crippen LogP contribution in [0.25, 0.3) is 0 Å². The number of amidine groups is 1. The standard InChI is InChI=1S/C16H21B3N6O2/c17-16(18,19)14(26)25-13(21)10-8-22-12(6-11(10)20)24-15(27)23-7-9-4-2-1-3-5-9/h1-6,8H,7,17-19H2,(H2,21,25,26)(H4,20,22,23,24,27). The summed E-state index contributed by atoms with van der Waals surface area (Å²) in [6.07, 6.45) is 1.34. The SMILES string of the molecule is BC(B)(B)C(=O)NC(=N)c1cnc(NC(=O)NCc2ccccc2)cc1N. The van der Waals surface area contributed by atoms with Crippen LogP contribution in [-0.2, 0) is 11.3 Å². The van der Waals surface area contributed by atoms with E-state index in [4.69, 9.17) is 11.1 Å². The van der Waals surface area contributed by atoms with E-state index >= 15 is 0 Å². The number of carbonyl (C=O) groups excluding carboxylic acids is 2. The molecule has 0 radical (unpaired) electrons. The molecule has 0 aliphatic rings. The Balaban J connectivity index is 1.96. The molecule has 1 aromatic carbocycles. The number of amides is 3. The maximum absolute atomic E-state index is 12.0. The lowest BCUT2D eigenvalue weighted by atomic mass is 9.42. The molecule has 27 heavy (non-hydrogen) atoms. The van der Waals surface area contributed by atoms with Crippen LogP contribution in [0, 0.1) is 5.41 Å². The van der Waals surface area contributed by atoms with Gasteiger partial charge in [-0.15, -0.1) is 0 Å². The average molecular weight is 362 g/mol. The maximum Gasteiger partial charge on any atom is 0.320 e. The van der Waals surface area contributed by atoms with Gasteiger partial charge in [0, 0.05) is 24.5 Å². The summed E-state index contributed by atoms with van der Waals surface area (Å²) < 4.78 is 0. The Bertz CT molecular complexity index is 855. The van der Waals surface area contributed by atoms with Crippen molar-refractivity contribution >= 4 is 52.8 Å². The van der Waals surface area contributed by atoms with E-state index in [1.54, 1.807) is 23.5 Å². The summed E-state index contributed by atoms with van der Waals surface area (Å²) in [7, 11) is 5.24. The van der Waals surface area contributed by atoms with Gasteiger partial charge in [-0.25, -0.2) is 9.78 Å². The first kappa shape index (κ1) is 20.1. The number of rotatable bonds is 5. The first-order valence-corrected chi connectivity index (χ1v) is 8.41. The fourth-order valence-electron chi connectivity index (χ4n) is 2.06. The van der Waals surface area contributed by atoms with E-state index in [1.807, 2.05) is 30.3 Å². The molecule has 11 heteroatoms. The lowest BCUT2D eigenvalue weighted by Crippen LogP contribution is -2.40. The van der Waals surface area contributed by atoms with Gasteiger partial charge in [0.2, 0.25) is 5.91 Å². The van der Waals surface area contributed by atoms with E-state index in [2.05, 4.69) is 20.9 Å². The molecule has 0 spiro atoms. The summed E-state index contributed by atoms with van der Waals surface area (Å²) >= 11 is 0. The number of benzene rings is 1. The highest BCUT2D eigenvalue weighted by Gasteiger charge is 2.23. The molecule has 6 N–H and O–H groups in total. The summed E-state index contributed by atoms with van der Waals surface area (Å²) in [6.45, 7) is 0.379. The summed E-state index contributed by atoms with van der Waals surface area (Å²) in [6, 6.07) is 10.5. The second kappa shape index (κ2) is 8.44. The number of anilines is 2. The Labute approximate surface area is 160 Å². The second-order valence-electron chi connectivity index (χ2n) is 7.03. The molecule has 0 unspecified atom stereocenters. The fraction of sp³-hybridized carbons (Fsp3) is 0.125. The normalized spacial score (nSPS) is 10.7. The van der Waals surface area contributed by atoms with E-state index in [-0.39, 0.29) is 28.8 Å². The van der Waals surface area contributed by atoms with Crippen molar-refractivity contribution < 1.29 is 9.59 Å². The van der Waals surface area contributed by atoms with Gasteiger partial charge in [0.25, 0.3) is 0 Å². The van der Waals surface area contributed by atoms with Gasteiger partial charge in [-0.2, -0.15) is 0 Å². The van der Waals surface area contributed by atoms with Crippen LogP contribution in [0.2, 0.25) is 5.11 Å². The van der Waals surface area contributed by atoms with Gasteiger partial charge in [0.15, 0.2) is 0 Å². The summed E-state index contributed by atoms with van der Waals surface area (Å²) in [5, 5.41) is 15.2. The molecule has 1 heterocycles. The highest BCUT2D eigenvalue weighted by Crippen LogP contribution is 2.16. The number of pyridine rings is 1. The van der Waals surface area contributed by atoms with E-state index in [1.165, 1.54) is 12.3 Å². The highest BCUT2D eigenvalue weighted by atomic mass is 16.2. The zero-order chi connectivity index (χ0) is 20.0. The molecule has 2 aromatic rings. The topological polar surface area (TPSA) is 133 Å². The van der Waals surface area contributed by atoms with Crippen LogP contribution in [0.1, 0.15) is 11.1 Å². The largest absolute Gasteiger partial charge is 0.398 e. The van der Waals surface area contributed by atoms with E-state index in [0.717, 1.165) is 5.56 Å². The first-order valence-electron chi connectivity index (χ1n) is 8.41. The fourth-order valence-corrected chi connectivity index (χ4v) is 2.06. The zero-order valence-corrected chi connectivity index (χ0v) is 15.6. The number of nitrogens with zero attached hydrogens (tertiary/aromatic N) is 1. The molecule has 136 valence electrons. The smallest absolute Gasteiger partial charge is 0.320 e. The summed E-state index contributed by atoms with van der Waals surface area (Å²) in [5.41, 5.74) is 7.42. The molecular weight excluding hydrogens is 341 g/mol. The van der Waals surface area contributed by atoms with Crippen LogP contribution in [0.3, 0.4) is 0 Å². The van der Waals surface area contributed by atoms with Gasteiger partial charge in [-0.1, -0.05) is 30.3 Å². The first-order chi connectivity index (χ1) is 12.7. The Hall–Kier alpha value is -3.23. The van der Waals surface area contributed by atoms with Gasteiger partial charge in [-0.3, -0.25) is 15.5 Å². The van der Waals surface area contributed by atoms with E-state index in [0.29, 0.717) is 6.54 Å². The third kappa shape index (κ3) is 5.91. The predicted octanol–water partition coefficient (Wildman–Crippen LogP) is -1.60. The monoisotopic (exact) mass is 362 g/mol. The van der Waals surface area contributed by atoms with Crippen molar-refractivity contribution in [2.45, 2.75) is 11.7 Å². The van der Waals surface area contributed by atoms with Crippen molar-refractivity contribution in [3.8, 4) is 0 Å². The van der Waals surface area contributed by atoms with Crippen LogP contribution < -0.4 is 21.7 Å². The average Bonchev–Trinajstić information content (AvgIpc) is 2.60. The van der Waals surface area contributed by atoms with Crippen LogP contribution in [0.5, 0.6) is 0 Å². The van der Waals surface area contributed by atoms with Crippen LogP contribution in [0.15, 0.2) is 42.6 Å². The van der Waals surface area contributed by atoms with Crippen LogP contribution in [0.4, 0.5) is 16.3 Å². The molecule has 0 aliphatic carbocycles. The number of nitrogen functional groups attached to an aromatic ring is 1. The van der Waals surface area contributed by atoms with Crippen molar-refractivity contribution in [2.24, 2.45) is 0 Å². The minimum atomic E-state index is -0.632. The summed E-state index contributed by atoms with van der Waals surface area (Å²) in [4.78, 5) is 28.0. The predicted molar refractivity (Wildman–Crippen MR) is 114 cm³/mol. The Kier molecular flexibility index (Phi) is 6.28. The van der Waals surface area contributed by atoms with E-state index in [9.17, 15) is 9.59 Å². The van der Waals surface area contributed by atoms with Crippen molar-refractivity contribution in [1.29, 1.82) is 5.41 Å². The Morgan fingerprint density at radius 1 is 1.19 bits per heavy atom. The molecule has 8 nitrogen and oxygen atoms in total. The highest BCUT2D eigenvalue weighted by molar-refractivity contribution is 6.68. The van der Waals surface area contributed by atoms with Gasteiger partial charge in [0.1, 0.15) is 35.2 Å². The van der Waals surface area contributed by atoms with Gasteiger partial charge in [0.05, 0.1) is 5.56 Å². The van der Waals surface area contributed by atoms with Gasteiger partial charge >= 0.3 is 6.03 Å². The molecule has 0 fully saturated rings. The second-order valence-corrected chi connectivity index (χ2v) is 7.03. The molecule has 3 amide bonds. The van der Waals surface area contributed by atoms with Crippen molar-refractivity contribution in [1.82, 2.24) is 15.6 Å². The number of hydrogen-bond acceptors (Lipinski definition) is 5. The molecule has 0 bridgehead atoms. The number of urea groups is 1. The lowest BCUT2D eigenvalue weighted by Gasteiger charge is -2.18. The zero-order valence-electron chi connectivity index (χ0n) is 15.6. The Morgan fingerprint density at radius 3 is 2.44 bits per heavy atom. The van der Waals surface area contributed by atoms with Crippen molar-refractivity contribution in [3.05, 3.63) is 53.7 Å². The minimum Gasteiger partial charge on any atom is -0.398 e. The molecule has 0 saturated heterocycles. The number of carbonyl (C=O) groups is 2. The number of aromatic nitrogens is 1. The van der Waals surface area contributed by atoms with E-state index < -0.39 is 11.1 Å².